The van der Waals surface area contributed by atoms with Crippen LogP contribution >= 0.6 is 15.9 Å². The van der Waals surface area contributed by atoms with Crippen LogP contribution in [0.5, 0.6) is 0 Å². The molecule has 0 bridgehead atoms. The fraction of sp³-hybridized carbons (Fsp3) is 0.188. The van der Waals surface area contributed by atoms with Gasteiger partial charge in [0.15, 0.2) is 0 Å². The molecule has 22 heavy (non-hydrogen) atoms. The van der Waals surface area contributed by atoms with Crippen LogP contribution in [0.25, 0.3) is 0 Å². The van der Waals surface area contributed by atoms with Crippen LogP contribution in [-0.4, -0.2) is 19.7 Å². The molecule has 5 nitrogen and oxygen atoms in total. The molecule has 0 aliphatic carbocycles. The molecule has 0 radical (unpaired) electrons. The van der Waals surface area contributed by atoms with Gasteiger partial charge in [-0.05, 0) is 35.7 Å². The van der Waals surface area contributed by atoms with E-state index in [2.05, 4.69) is 60.6 Å². The van der Waals surface area contributed by atoms with Gasteiger partial charge in [-0.3, -0.25) is 4.98 Å². The first-order valence-electron chi connectivity index (χ1n) is 7.13. The summed E-state index contributed by atoms with van der Waals surface area (Å²) in [6.45, 7) is 0. The lowest BCUT2D eigenvalue weighted by Crippen LogP contribution is -2.28. The lowest BCUT2D eigenvalue weighted by molar-refractivity contribution is 0.430. The van der Waals surface area contributed by atoms with Gasteiger partial charge in [-0.2, -0.15) is 10.1 Å². The summed E-state index contributed by atoms with van der Waals surface area (Å²) in [6, 6.07) is 12.7. The van der Waals surface area contributed by atoms with E-state index in [1.165, 1.54) is 5.56 Å². The maximum Gasteiger partial charge on any atom is 0.222 e. The van der Waals surface area contributed by atoms with Crippen LogP contribution in [0.2, 0.25) is 0 Å². The van der Waals surface area contributed by atoms with E-state index < -0.39 is 0 Å². The summed E-state index contributed by atoms with van der Waals surface area (Å²) in [7, 11) is 0. The van der Waals surface area contributed by atoms with Crippen molar-refractivity contribution in [2.75, 3.05) is 5.32 Å². The maximum absolute atomic E-state index is 4.38. The Balaban J connectivity index is 1.75. The van der Waals surface area contributed by atoms with Crippen molar-refractivity contribution in [3.05, 3.63) is 70.7 Å². The number of hydrogen-bond acceptors (Lipinski definition) is 4. The van der Waals surface area contributed by atoms with Gasteiger partial charge in [0.05, 0.1) is 12.1 Å². The van der Waals surface area contributed by atoms with Gasteiger partial charge < -0.3 is 5.32 Å². The number of hydrogen-bond donors (Lipinski definition) is 1. The third-order valence-electron chi connectivity index (χ3n) is 3.95. The first-order chi connectivity index (χ1) is 10.8. The van der Waals surface area contributed by atoms with Gasteiger partial charge in [-0.1, -0.05) is 34.1 Å². The molecular weight excluding hydrogens is 342 g/mol. The van der Waals surface area contributed by atoms with E-state index >= 15 is 0 Å². The van der Waals surface area contributed by atoms with E-state index in [4.69, 9.17) is 0 Å². The Bertz CT molecular complexity index is 786. The summed E-state index contributed by atoms with van der Waals surface area (Å²) in [6.07, 6.45) is 6.19. The fourth-order valence-corrected chi connectivity index (χ4v) is 3.33. The number of halogens is 1. The third-order valence-corrected chi connectivity index (χ3v) is 4.44. The average Bonchev–Trinajstić information content (AvgIpc) is 3.03. The van der Waals surface area contributed by atoms with Crippen LogP contribution < -0.4 is 5.32 Å². The second-order valence-corrected chi connectivity index (χ2v) is 6.23. The summed E-state index contributed by atoms with van der Waals surface area (Å²) >= 11 is 3.55. The van der Waals surface area contributed by atoms with E-state index in [9.17, 15) is 0 Å². The zero-order valence-corrected chi connectivity index (χ0v) is 13.3. The molecule has 6 heteroatoms. The Labute approximate surface area is 136 Å². The van der Waals surface area contributed by atoms with E-state index in [0.717, 1.165) is 22.4 Å². The summed E-state index contributed by atoms with van der Waals surface area (Å²) in [5, 5.41) is 7.83. The van der Waals surface area contributed by atoms with Crippen molar-refractivity contribution >= 4 is 21.9 Å². The van der Waals surface area contributed by atoms with Crippen LogP contribution in [0.15, 0.2) is 59.6 Å². The minimum absolute atomic E-state index is 0.154. The van der Waals surface area contributed by atoms with Crippen molar-refractivity contribution in [1.82, 2.24) is 19.7 Å². The minimum Gasteiger partial charge on any atom is -0.347 e. The molecule has 0 saturated carbocycles. The van der Waals surface area contributed by atoms with Crippen LogP contribution in [-0.2, 0) is 0 Å². The molecule has 0 amide bonds. The second-order valence-electron chi connectivity index (χ2n) is 5.32. The number of fused-ring (bicyclic) bond motifs is 1. The molecule has 0 spiro atoms. The number of aromatic nitrogens is 4. The SMILES string of the molecule is Brc1cccc([C@H]2C[C@@H](c3cccnc3)Nc3ncnn32)c1. The van der Waals surface area contributed by atoms with Crippen LogP contribution in [0.1, 0.15) is 29.6 Å². The number of nitrogens with zero attached hydrogens (tertiary/aromatic N) is 4. The van der Waals surface area contributed by atoms with Gasteiger partial charge in [0.1, 0.15) is 6.33 Å². The Morgan fingerprint density at radius 2 is 2.09 bits per heavy atom. The normalized spacial score (nSPS) is 20.2. The average molecular weight is 356 g/mol. The Morgan fingerprint density at radius 3 is 2.91 bits per heavy atom. The standard InChI is InChI=1S/C16H14BrN5/c17-13-5-1-3-11(7-13)15-8-14(12-4-2-6-18-9-12)21-16-19-10-20-22(15)16/h1-7,9-10,14-15H,8H2,(H,19,20,21)/t14-,15+/m0/s1. The highest BCUT2D eigenvalue weighted by Crippen LogP contribution is 2.37. The van der Waals surface area contributed by atoms with E-state index in [1.54, 1.807) is 12.5 Å². The van der Waals surface area contributed by atoms with Gasteiger partial charge in [0.25, 0.3) is 0 Å². The Hall–Kier alpha value is -2.21. The molecule has 2 atom stereocenters. The van der Waals surface area contributed by atoms with Crippen LogP contribution in [0.3, 0.4) is 0 Å². The van der Waals surface area contributed by atoms with Gasteiger partial charge in [0.2, 0.25) is 5.95 Å². The topological polar surface area (TPSA) is 55.6 Å². The summed E-state index contributed by atoms with van der Waals surface area (Å²) in [5.74, 6) is 0.796. The molecule has 0 saturated heterocycles. The molecule has 110 valence electrons. The summed E-state index contributed by atoms with van der Waals surface area (Å²) in [4.78, 5) is 8.56. The van der Waals surface area contributed by atoms with Gasteiger partial charge in [-0.15, -0.1) is 0 Å². The molecule has 1 aliphatic heterocycles. The van der Waals surface area contributed by atoms with Gasteiger partial charge in [-0.25, -0.2) is 4.68 Å². The first-order valence-corrected chi connectivity index (χ1v) is 7.92. The van der Waals surface area contributed by atoms with E-state index in [0.29, 0.717) is 0 Å². The highest BCUT2D eigenvalue weighted by atomic mass is 79.9. The monoisotopic (exact) mass is 355 g/mol. The number of benzene rings is 1. The van der Waals surface area contributed by atoms with Crippen molar-refractivity contribution in [3.8, 4) is 0 Å². The second kappa shape index (κ2) is 5.53. The van der Waals surface area contributed by atoms with Crippen molar-refractivity contribution in [1.29, 1.82) is 0 Å². The quantitative estimate of drug-likeness (QED) is 0.763. The lowest BCUT2D eigenvalue weighted by atomic mass is 9.94. The van der Waals surface area contributed by atoms with Crippen molar-refractivity contribution in [2.24, 2.45) is 0 Å². The van der Waals surface area contributed by atoms with Crippen molar-refractivity contribution in [2.45, 2.75) is 18.5 Å². The summed E-state index contributed by atoms with van der Waals surface area (Å²) in [5.41, 5.74) is 2.38. The van der Waals surface area contributed by atoms with Crippen molar-refractivity contribution < 1.29 is 0 Å². The minimum atomic E-state index is 0.154. The first kappa shape index (κ1) is 13.5. The van der Waals surface area contributed by atoms with Gasteiger partial charge >= 0.3 is 0 Å². The zero-order valence-electron chi connectivity index (χ0n) is 11.7. The van der Waals surface area contributed by atoms with E-state index in [-0.39, 0.29) is 12.1 Å². The highest BCUT2D eigenvalue weighted by molar-refractivity contribution is 9.10. The maximum atomic E-state index is 4.38. The molecule has 3 aromatic rings. The lowest BCUT2D eigenvalue weighted by Gasteiger charge is -2.31. The largest absolute Gasteiger partial charge is 0.347 e. The van der Waals surface area contributed by atoms with Gasteiger partial charge in [0, 0.05) is 16.9 Å². The van der Waals surface area contributed by atoms with Crippen molar-refractivity contribution in [3.63, 3.8) is 0 Å². The predicted octanol–water partition coefficient (Wildman–Crippen LogP) is 3.58. The molecule has 1 aromatic carbocycles. The molecule has 0 unspecified atom stereocenters. The molecule has 2 aromatic heterocycles. The number of nitrogens with one attached hydrogen (secondary N) is 1. The Kier molecular flexibility index (Phi) is 3.38. The molecule has 3 heterocycles. The molecule has 0 fully saturated rings. The van der Waals surface area contributed by atoms with E-state index in [1.807, 2.05) is 23.0 Å². The number of pyridine rings is 1. The molecule has 4 rings (SSSR count). The highest BCUT2D eigenvalue weighted by Gasteiger charge is 2.29. The van der Waals surface area contributed by atoms with Crippen LogP contribution in [0.4, 0.5) is 5.95 Å². The third kappa shape index (κ3) is 2.39. The number of anilines is 1. The fourth-order valence-electron chi connectivity index (χ4n) is 2.91. The molecular formula is C16H14BrN5. The molecule has 1 aliphatic rings. The Morgan fingerprint density at radius 1 is 1.18 bits per heavy atom. The van der Waals surface area contributed by atoms with Crippen LogP contribution in [0, 0.1) is 0 Å². The molecule has 1 N–H and O–H groups in total. The smallest absolute Gasteiger partial charge is 0.222 e. The predicted molar refractivity (Wildman–Crippen MR) is 87.5 cm³/mol. The zero-order chi connectivity index (χ0) is 14.9. The number of rotatable bonds is 2. The summed E-state index contributed by atoms with van der Waals surface area (Å²) < 4.78 is 3.03.